The summed E-state index contributed by atoms with van der Waals surface area (Å²) in [5, 5.41) is 2.90. The SMILES string of the molecule is Cc1cccc(NC(=O)C[NH+](C)CC(=O)N(C)Cc2ccccc2F)c1C. The van der Waals surface area contributed by atoms with Crippen molar-refractivity contribution < 1.29 is 18.9 Å². The molecular formula is C21H27FN3O2+. The zero-order chi connectivity index (χ0) is 20.0. The summed E-state index contributed by atoms with van der Waals surface area (Å²) in [5.41, 5.74) is 3.40. The fourth-order valence-corrected chi connectivity index (χ4v) is 2.78. The Morgan fingerprint density at radius 3 is 2.48 bits per heavy atom. The van der Waals surface area contributed by atoms with Crippen molar-refractivity contribution in [1.29, 1.82) is 0 Å². The van der Waals surface area contributed by atoms with E-state index in [1.165, 1.54) is 11.0 Å². The number of hydrogen-bond donors (Lipinski definition) is 2. The van der Waals surface area contributed by atoms with E-state index in [0.29, 0.717) is 5.56 Å². The highest BCUT2D eigenvalue weighted by Gasteiger charge is 2.18. The van der Waals surface area contributed by atoms with Gasteiger partial charge in [-0.3, -0.25) is 9.59 Å². The van der Waals surface area contributed by atoms with Crippen LogP contribution in [0.5, 0.6) is 0 Å². The summed E-state index contributed by atoms with van der Waals surface area (Å²) in [6, 6.07) is 12.2. The number of carbonyl (C=O) groups is 2. The zero-order valence-corrected chi connectivity index (χ0v) is 16.3. The van der Waals surface area contributed by atoms with Gasteiger partial charge in [-0.05, 0) is 37.1 Å². The number of quaternary nitrogens is 1. The van der Waals surface area contributed by atoms with E-state index < -0.39 is 0 Å². The number of carbonyl (C=O) groups excluding carboxylic acids is 2. The van der Waals surface area contributed by atoms with Crippen molar-refractivity contribution in [3.8, 4) is 0 Å². The lowest BCUT2D eigenvalue weighted by Gasteiger charge is -2.20. The maximum absolute atomic E-state index is 13.7. The summed E-state index contributed by atoms with van der Waals surface area (Å²) < 4.78 is 13.7. The molecular weight excluding hydrogens is 345 g/mol. The second-order valence-electron chi connectivity index (χ2n) is 6.95. The molecule has 2 aromatic carbocycles. The molecule has 2 rings (SSSR count). The summed E-state index contributed by atoms with van der Waals surface area (Å²) in [6.45, 7) is 4.49. The van der Waals surface area contributed by atoms with Gasteiger partial charge in [0.25, 0.3) is 11.8 Å². The van der Waals surface area contributed by atoms with Gasteiger partial charge >= 0.3 is 0 Å². The smallest absolute Gasteiger partial charge is 0.279 e. The first-order chi connectivity index (χ1) is 12.8. The minimum absolute atomic E-state index is 0.143. The first-order valence-corrected chi connectivity index (χ1v) is 8.92. The van der Waals surface area contributed by atoms with Gasteiger partial charge in [-0.15, -0.1) is 0 Å². The fourth-order valence-electron chi connectivity index (χ4n) is 2.78. The average Bonchev–Trinajstić information content (AvgIpc) is 2.60. The molecule has 0 aliphatic heterocycles. The number of nitrogens with one attached hydrogen (secondary N) is 2. The van der Waals surface area contributed by atoms with Crippen molar-refractivity contribution in [3.05, 3.63) is 65.0 Å². The van der Waals surface area contributed by atoms with Gasteiger partial charge in [0.1, 0.15) is 5.82 Å². The van der Waals surface area contributed by atoms with Crippen LogP contribution < -0.4 is 10.2 Å². The maximum Gasteiger partial charge on any atom is 0.279 e. The van der Waals surface area contributed by atoms with Crippen molar-refractivity contribution in [2.75, 3.05) is 32.5 Å². The third-order valence-corrected chi connectivity index (χ3v) is 4.59. The van der Waals surface area contributed by atoms with Crippen LogP contribution in [0, 0.1) is 19.7 Å². The van der Waals surface area contributed by atoms with Gasteiger partial charge in [-0.1, -0.05) is 30.3 Å². The molecule has 5 nitrogen and oxygen atoms in total. The lowest BCUT2D eigenvalue weighted by molar-refractivity contribution is -0.862. The zero-order valence-electron chi connectivity index (χ0n) is 16.3. The first kappa shape index (κ1) is 20.6. The van der Waals surface area contributed by atoms with Gasteiger partial charge in [0, 0.05) is 24.8 Å². The topological polar surface area (TPSA) is 53.9 Å². The predicted octanol–water partition coefficient (Wildman–Crippen LogP) is 1.55. The fraction of sp³-hybridized carbons (Fsp3) is 0.333. The second kappa shape index (κ2) is 9.28. The highest BCUT2D eigenvalue weighted by molar-refractivity contribution is 5.92. The quantitative estimate of drug-likeness (QED) is 0.775. The monoisotopic (exact) mass is 372 g/mol. The normalized spacial score (nSPS) is 11.7. The molecule has 0 aromatic heterocycles. The van der Waals surface area contributed by atoms with Crippen LogP contribution in [0.2, 0.25) is 0 Å². The maximum atomic E-state index is 13.7. The lowest BCUT2D eigenvalue weighted by atomic mass is 10.1. The van der Waals surface area contributed by atoms with Gasteiger partial charge in [0.05, 0.1) is 7.05 Å². The van der Waals surface area contributed by atoms with E-state index in [1.807, 2.05) is 32.0 Å². The number of hydrogen-bond acceptors (Lipinski definition) is 2. The molecule has 0 radical (unpaired) electrons. The molecule has 2 aromatic rings. The average molecular weight is 372 g/mol. The van der Waals surface area contributed by atoms with E-state index >= 15 is 0 Å². The lowest BCUT2D eigenvalue weighted by Crippen LogP contribution is -3.11. The molecule has 0 heterocycles. The number of likely N-dealkylation sites (N-methyl/N-ethyl adjacent to an activating group) is 2. The van der Waals surface area contributed by atoms with Crippen LogP contribution in [-0.4, -0.2) is 43.9 Å². The van der Waals surface area contributed by atoms with Gasteiger partial charge in [-0.25, -0.2) is 4.39 Å². The summed E-state index contributed by atoms with van der Waals surface area (Å²) in [6.07, 6.45) is 0. The molecule has 0 fully saturated rings. The van der Waals surface area contributed by atoms with Crippen LogP contribution in [0.25, 0.3) is 0 Å². The molecule has 2 amide bonds. The van der Waals surface area contributed by atoms with Gasteiger partial charge in [0.15, 0.2) is 13.1 Å². The van der Waals surface area contributed by atoms with Crippen LogP contribution in [0.3, 0.4) is 0 Å². The van der Waals surface area contributed by atoms with E-state index in [0.717, 1.165) is 21.7 Å². The highest BCUT2D eigenvalue weighted by atomic mass is 19.1. The Kier molecular flexibility index (Phi) is 7.07. The van der Waals surface area contributed by atoms with Crippen LogP contribution in [0.4, 0.5) is 10.1 Å². The molecule has 6 heteroatoms. The molecule has 144 valence electrons. The standard InChI is InChI=1S/C21H26FN3O2/c1-15-8-7-11-19(16(15)2)23-20(26)13-24(3)14-21(27)25(4)12-17-9-5-6-10-18(17)22/h5-11H,12-14H2,1-4H3,(H,23,26)/p+1. The number of aryl methyl sites for hydroxylation is 1. The number of anilines is 1. The van der Waals surface area contributed by atoms with Crippen molar-refractivity contribution in [2.45, 2.75) is 20.4 Å². The summed E-state index contributed by atoms with van der Waals surface area (Å²) >= 11 is 0. The summed E-state index contributed by atoms with van der Waals surface area (Å²) in [5.74, 6) is -0.619. The molecule has 2 N–H and O–H groups in total. The van der Waals surface area contributed by atoms with Crippen molar-refractivity contribution in [3.63, 3.8) is 0 Å². The molecule has 1 unspecified atom stereocenters. The van der Waals surface area contributed by atoms with Crippen LogP contribution in [-0.2, 0) is 16.1 Å². The Bertz CT molecular complexity index is 823. The molecule has 0 bridgehead atoms. The third kappa shape index (κ3) is 5.89. The Balaban J connectivity index is 1.86. The molecule has 0 spiro atoms. The number of nitrogens with zero attached hydrogens (tertiary/aromatic N) is 1. The first-order valence-electron chi connectivity index (χ1n) is 8.92. The van der Waals surface area contributed by atoms with E-state index in [1.54, 1.807) is 32.3 Å². The minimum atomic E-state index is -0.328. The van der Waals surface area contributed by atoms with Crippen LogP contribution in [0.1, 0.15) is 16.7 Å². The Hall–Kier alpha value is -2.73. The van der Waals surface area contributed by atoms with Gasteiger partial charge in [-0.2, -0.15) is 0 Å². The Morgan fingerprint density at radius 2 is 1.78 bits per heavy atom. The predicted molar refractivity (Wildman–Crippen MR) is 104 cm³/mol. The van der Waals surface area contributed by atoms with E-state index in [-0.39, 0.29) is 37.3 Å². The summed E-state index contributed by atoms with van der Waals surface area (Å²) in [4.78, 5) is 26.9. The Morgan fingerprint density at radius 1 is 1.07 bits per heavy atom. The van der Waals surface area contributed by atoms with Gasteiger partial charge in [0.2, 0.25) is 0 Å². The molecule has 27 heavy (non-hydrogen) atoms. The molecule has 0 aliphatic rings. The number of halogens is 1. The van der Waals surface area contributed by atoms with E-state index in [2.05, 4.69) is 5.32 Å². The van der Waals surface area contributed by atoms with Crippen LogP contribution in [0.15, 0.2) is 42.5 Å². The number of benzene rings is 2. The number of amides is 2. The molecule has 0 aliphatic carbocycles. The second-order valence-corrected chi connectivity index (χ2v) is 6.95. The third-order valence-electron chi connectivity index (χ3n) is 4.59. The van der Waals surface area contributed by atoms with Crippen molar-refractivity contribution >= 4 is 17.5 Å². The van der Waals surface area contributed by atoms with E-state index in [4.69, 9.17) is 0 Å². The van der Waals surface area contributed by atoms with Crippen molar-refractivity contribution in [1.82, 2.24) is 4.90 Å². The molecule has 0 saturated carbocycles. The highest BCUT2D eigenvalue weighted by Crippen LogP contribution is 2.17. The largest absolute Gasteiger partial charge is 0.336 e. The van der Waals surface area contributed by atoms with Gasteiger partial charge < -0.3 is 15.1 Å². The van der Waals surface area contributed by atoms with Crippen LogP contribution >= 0.6 is 0 Å². The van der Waals surface area contributed by atoms with Crippen molar-refractivity contribution in [2.24, 2.45) is 0 Å². The minimum Gasteiger partial charge on any atom is -0.336 e. The Labute approximate surface area is 159 Å². The summed E-state index contributed by atoms with van der Waals surface area (Å²) in [7, 11) is 3.43. The van der Waals surface area contributed by atoms with E-state index in [9.17, 15) is 14.0 Å². The molecule has 1 atom stereocenters. The molecule has 0 saturated heterocycles. The number of rotatable bonds is 7.